The second kappa shape index (κ2) is 5.65. The van der Waals surface area contributed by atoms with Crippen LogP contribution in [0.5, 0.6) is 0 Å². The maximum absolute atomic E-state index is 12.6. The molecule has 1 heterocycles. The summed E-state index contributed by atoms with van der Waals surface area (Å²) in [6, 6.07) is 3.57. The number of hydrogen-bond donors (Lipinski definition) is 2. The molecule has 0 aliphatic carbocycles. The maximum Gasteiger partial charge on any atom is 0.265 e. The number of aromatic nitrogens is 1. The Morgan fingerprint density at radius 2 is 1.86 bits per heavy atom. The molecule has 0 saturated carbocycles. The van der Waals surface area contributed by atoms with Gasteiger partial charge in [0.15, 0.2) is 5.13 Å². The van der Waals surface area contributed by atoms with Crippen molar-refractivity contribution in [3.05, 3.63) is 33.8 Å². The van der Waals surface area contributed by atoms with Crippen molar-refractivity contribution in [3.63, 3.8) is 0 Å². The second-order valence-electron chi connectivity index (χ2n) is 4.92. The average Bonchev–Trinajstić information content (AvgIpc) is 2.73. The number of thiazole rings is 1. The number of anilines is 2. The number of rotatable bonds is 4. The SMILES string of the molecule is CCc1nc(NS(=O)(=O)c2c(C)ccc(C)c2N)sc1C. The summed E-state index contributed by atoms with van der Waals surface area (Å²) in [6.45, 7) is 7.44. The van der Waals surface area contributed by atoms with Gasteiger partial charge in [-0.25, -0.2) is 13.4 Å². The molecule has 0 amide bonds. The molecule has 2 aromatic rings. The Balaban J connectivity index is 2.45. The van der Waals surface area contributed by atoms with E-state index in [0.717, 1.165) is 22.6 Å². The van der Waals surface area contributed by atoms with Gasteiger partial charge in [-0.15, -0.1) is 11.3 Å². The smallest absolute Gasteiger partial charge is 0.265 e. The van der Waals surface area contributed by atoms with E-state index in [9.17, 15) is 8.42 Å². The first kappa shape index (κ1) is 15.8. The number of nitrogen functional groups attached to an aromatic ring is 1. The molecule has 114 valence electrons. The summed E-state index contributed by atoms with van der Waals surface area (Å²) in [5.74, 6) is 0. The van der Waals surface area contributed by atoms with E-state index in [2.05, 4.69) is 9.71 Å². The predicted molar refractivity (Wildman–Crippen MR) is 87.4 cm³/mol. The molecule has 1 aromatic heterocycles. The minimum atomic E-state index is -3.74. The molecule has 0 radical (unpaired) electrons. The van der Waals surface area contributed by atoms with Crippen molar-refractivity contribution in [3.8, 4) is 0 Å². The first-order valence-electron chi connectivity index (χ1n) is 6.61. The lowest BCUT2D eigenvalue weighted by Gasteiger charge is -2.12. The third-order valence-electron chi connectivity index (χ3n) is 3.33. The molecular weight excluding hydrogens is 306 g/mol. The Morgan fingerprint density at radius 3 is 2.43 bits per heavy atom. The molecule has 0 bridgehead atoms. The molecule has 21 heavy (non-hydrogen) atoms. The molecule has 0 spiro atoms. The molecule has 0 saturated heterocycles. The van der Waals surface area contributed by atoms with Gasteiger partial charge in [-0.05, 0) is 38.3 Å². The van der Waals surface area contributed by atoms with Crippen LogP contribution in [0.4, 0.5) is 10.8 Å². The fraction of sp³-hybridized carbons (Fsp3) is 0.357. The van der Waals surface area contributed by atoms with Gasteiger partial charge in [0.1, 0.15) is 4.90 Å². The van der Waals surface area contributed by atoms with Crippen LogP contribution in [0, 0.1) is 20.8 Å². The molecule has 0 aliphatic rings. The van der Waals surface area contributed by atoms with E-state index in [0.29, 0.717) is 10.7 Å². The summed E-state index contributed by atoms with van der Waals surface area (Å²) in [5.41, 5.74) is 8.50. The quantitative estimate of drug-likeness (QED) is 0.846. The van der Waals surface area contributed by atoms with Gasteiger partial charge in [0.25, 0.3) is 10.0 Å². The number of nitrogens with zero attached hydrogens (tertiary/aromatic N) is 1. The van der Waals surface area contributed by atoms with Crippen LogP contribution in [-0.4, -0.2) is 13.4 Å². The number of nitrogens with two attached hydrogens (primary N) is 1. The third kappa shape index (κ3) is 3.03. The van der Waals surface area contributed by atoms with E-state index in [1.54, 1.807) is 19.9 Å². The lowest BCUT2D eigenvalue weighted by molar-refractivity contribution is 0.601. The fourth-order valence-corrected chi connectivity index (χ4v) is 4.70. The van der Waals surface area contributed by atoms with Crippen molar-refractivity contribution in [2.45, 2.75) is 39.0 Å². The van der Waals surface area contributed by atoms with Gasteiger partial charge in [-0.3, -0.25) is 4.72 Å². The second-order valence-corrected chi connectivity index (χ2v) is 7.75. The minimum absolute atomic E-state index is 0.133. The highest BCUT2D eigenvalue weighted by atomic mass is 32.2. The molecule has 5 nitrogen and oxygen atoms in total. The van der Waals surface area contributed by atoms with Crippen LogP contribution in [0.15, 0.2) is 17.0 Å². The average molecular weight is 325 g/mol. The van der Waals surface area contributed by atoms with Crippen LogP contribution >= 0.6 is 11.3 Å². The topological polar surface area (TPSA) is 85.1 Å². The largest absolute Gasteiger partial charge is 0.397 e. The summed E-state index contributed by atoms with van der Waals surface area (Å²) in [4.78, 5) is 5.46. The molecule has 2 rings (SSSR count). The summed E-state index contributed by atoms with van der Waals surface area (Å²) in [7, 11) is -3.74. The van der Waals surface area contributed by atoms with Gasteiger partial charge in [0.05, 0.1) is 11.4 Å². The Morgan fingerprint density at radius 1 is 1.24 bits per heavy atom. The van der Waals surface area contributed by atoms with Crippen molar-refractivity contribution in [2.24, 2.45) is 0 Å². The van der Waals surface area contributed by atoms with Crippen molar-refractivity contribution in [1.82, 2.24) is 4.98 Å². The van der Waals surface area contributed by atoms with Gasteiger partial charge in [0.2, 0.25) is 0 Å². The highest BCUT2D eigenvalue weighted by molar-refractivity contribution is 7.93. The van der Waals surface area contributed by atoms with E-state index in [1.165, 1.54) is 11.3 Å². The number of nitrogens with one attached hydrogen (secondary N) is 1. The van der Waals surface area contributed by atoms with Gasteiger partial charge < -0.3 is 5.73 Å². The van der Waals surface area contributed by atoms with E-state index < -0.39 is 10.0 Å². The first-order chi connectivity index (χ1) is 9.76. The molecular formula is C14H19N3O2S2. The van der Waals surface area contributed by atoms with Crippen LogP contribution in [0.25, 0.3) is 0 Å². The van der Waals surface area contributed by atoms with Crippen LogP contribution in [-0.2, 0) is 16.4 Å². The van der Waals surface area contributed by atoms with E-state index in [4.69, 9.17) is 5.73 Å². The molecule has 0 unspecified atom stereocenters. The normalized spacial score (nSPS) is 11.6. The van der Waals surface area contributed by atoms with Crippen LogP contribution in [0.3, 0.4) is 0 Å². The molecule has 3 N–H and O–H groups in total. The van der Waals surface area contributed by atoms with Gasteiger partial charge >= 0.3 is 0 Å². The Hall–Kier alpha value is -1.60. The zero-order valence-electron chi connectivity index (χ0n) is 12.5. The Labute approximate surface area is 129 Å². The monoisotopic (exact) mass is 325 g/mol. The zero-order chi connectivity index (χ0) is 15.8. The minimum Gasteiger partial charge on any atom is -0.397 e. The first-order valence-corrected chi connectivity index (χ1v) is 8.91. The van der Waals surface area contributed by atoms with Gasteiger partial charge in [-0.2, -0.15) is 0 Å². The maximum atomic E-state index is 12.6. The highest BCUT2D eigenvalue weighted by Gasteiger charge is 2.23. The summed E-state index contributed by atoms with van der Waals surface area (Å²) >= 11 is 1.33. The molecule has 0 fully saturated rings. The lowest BCUT2D eigenvalue weighted by atomic mass is 10.1. The lowest BCUT2D eigenvalue weighted by Crippen LogP contribution is -2.16. The number of sulfonamides is 1. The van der Waals surface area contributed by atoms with E-state index >= 15 is 0 Å². The highest BCUT2D eigenvalue weighted by Crippen LogP contribution is 2.30. The van der Waals surface area contributed by atoms with E-state index in [-0.39, 0.29) is 10.6 Å². The van der Waals surface area contributed by atoms with Crippen molar-refractivity contribution < 1.29 is 8.42 Å². The van der Waals surface area contributed by atoms with Crippen molar-refractivity contribution in [1.29, 1.82) is 0 Å². The standard InChI is InChI=1S/C14H19N3O2S2/c1-5-11-10(4)20-14(16-11)17-21(18,19)13-9(3)7-6-8(2)12(13)15/h6-7H,5,15H2,1-4H3,(H,16,17). The zero-order valence-corrected chi connectivity index (χ0v) is 14.2. The van der Waals surface area contributed by atoms with Crippen LogP contribution in [0.2, 0.25) is 0 Å². The number of benzene rings is 1. The molecule has 1 aromatic carbocycles. The third-order valence-corrected chi connectivity index (χ3v) is 5.93. The number of aryl methyl sites for hydroxylation is 4. The number of hydrogen-bond acceptors (Lipinski definition) is 5. The van der Waals surface area contributed by atoms with Crippen molar-refractivity contribution in [2.75, 3.05) is 10.5 Å². The van der Waals surface area contributed by atoms with Crippen LogP contribution < -0.4 is 10.5 Å². The Kier molecular flexibility index (Phi) is 4.25. The fourth-order valence-electron chi connectivity index (χ4n) is 2.13. The Bertz CT molecular complexity index is 780. The van der Waals surface area contributed by atoms with Gasteiger partial charge in [-0.1, -0.05) is 19.1 Å². The van der Waals surface area contributed by atoms with Crippen LogP contribution in [0.1, 0.15) is 28.6 Å². The molecule has 0 atom stereocenters. The summed E-state index contributed by atoms with van der Waals surface area (Å²) in [5, 5.41) is 0.379. The molecule has 7 heteroatoms. The van der Waals surface area contributed by atoms with Crippen molar-refractivity contribution >= 4 is 32.2 Å². The van der Waals surface area contributed by atoms with E-state index in [1.807, 2.05) is 19.9 Å². The summed E-state index contributed by atoms with van der Waals surface area (Å²) < 4.78 is 27.7. The van der Waals surface area contributed by atoms with Gasteiger partial charge in [0, 0.05) is 4.88 Å². The predicted octanol–water partition coefficient (Wildman–Crippen LogP) is 3.01. The summed E-state index contributed by atoms with van der Waals surface area (Å²) in [6.07, 6.45) is 0.773. The molecule has 0 aliphatic heterocycles.